The average Bonchev–Trinajstić information content (AvgIpc) is 2.71. The van der Waals surface area contributed by atoms with E-state index in [0.717, 1.165) is 37.7 Å². The lowest BCUT2D eigenvalue weighted by atomic mass is 10.1. The summed E-state index contributed by atoms with van der Waals surface area (Å²) < 4.78 is 11.3. The number of halogens is 1. The van der Waals surface area contributed by atoms with Crippen molar-refractivity contribution in [3.8, 4) is 0 Å². The van der Waals surface area contributed by atoms with Gasteiger partial charge in [-0.3, -0.25) is 9.79 Å². The number of guanidine groups is 1. The Morgan fingerprint density at radius 1 is 1.19 bits per heavy atom. The number of ether oxygens (including phenoxy) is 2. The van der Waals surface area contributed by atoms with Gasteiger partial charge in [0.15, 0.2) is 5.96 Å². The second-order valence-electron chi connectivity index (χ2n) is 8.34. The van der Waals surface area contributed by atoms with Gasteiger partial charge < -0.3 is 25.0 Å². The molecule has 1 aliphatic heterocycles. The number of aliphatic imine (C=N–C) groups is 1. The summed E-state index contributed by atoms with van der Waals surface area (Å²) in [5.41, 5.74) is 1.81. The average molecular weight is 546 g/mol. The van der Waals surface area contributed by atoms with Crippen LogP contribution in [0.25, 0.3) is 0 Å². The van der Waals surface area contributed by atoms with Gasteiger partial charge in [0.1, 0.15) is 0 Å². The minimum absolute atomic E-state index is 0. The smallest absolute Gasteiger partial charge is 0.254 e. The second kappa shape index (κ2) is 14.6. The van der Waals surface area contributed by atoms with E-state index >= 15 is 0 Å². The van der Waals surface area contributed by atoms with E-state index in [1.165, 1.54) is 0 Å². The fourth-order valence-electron chi connectivity index (χ4n) is 3.40. The Kier molecular flexibility index (Phi) is 13.0. The molecule has 2 unspecified atom stereocenters. The van der Waals surface area contributed by atoms with E-state index < -0.39 is 0 Å². The molecular weight excluding hydrogens is 507 g/mol. The molecule has 1 fully saturated rings. The summed E-state index contributed by atoms with van der Waals surface area (Å²) in [6.07, 6.45) is 1.08. The Hall–Kier alpha value is -1.39. The Balaban J connectivity index is 0.00000480. The molecule has 2 atom stereocenters. The molecule has 0 spiro atoms. The van der Waals surface area contributed by atoms with Gasteiger partial charge in [0.2, 0.25) is 0 Å². The van der Waals surface area contributed by atoms with Crippen LogP contribution in [0.3, 0.4) is 0 Å². The third-order valence-corrected chi connectivity index (χ3v) is 4.80. The maximum atomic E-state index is 12.8. The Morgan fingerprint density at radius 3 is 2.42 bits per heavy atom. The van der Waals surface area contributed by atoms with Crippen LogP contribution in [-0.2, 0) is 16.0 Å². The zero-order valence-corrected chi connectivity index (χ0v) is 21.8. The van der Waals surface area contributed by atoms with E-state index in [1.54, 1.807) is 7.05 Å². The van der Waals surface area contributed by atoms with Crippen LogP contribution in [0, 0.1) is 5.92 Å². The van der Waals surface area contributed by atoms with Gasteiger partial charge in [0, 0.05) is 52.0 Å². The van der Waals surface area contributed by atoms with E-state index in [-0.39, 0.29) is 42.1 Å². The van der Waals surface area contributed by atoms with Crippen LogP contribution in [0.1, 0.15) is 50.0 Å². The first-order chi connectivity index (χ1) is 14.4. The fourth-order valence-corrected chi connectivity index (χ4v) is 3.40. The minimum Gasteiger partial charge on any atom is -0.381 e. The summed E-state index contributed by atoms with van der Waals surface area (Å²) in [6, 6.07) is 7.76. The third kappa shape index (κ3) is 10.2. The predicted octanol–water partition coefficient (Wildman–Crippen LogP) is 3.28. The molecule has 0 aliphatic carbocycles. The van der Waals surface area contributed by atoms with Crippen molar-refractivity contribution in [2.75, 3.05) is 39.9 Å². The fraction of sp³-hybridized carbons (Fsp3) is 0.652. The van der Waals surface area contributed by atoms with Gasteiger partial charge in [-0.05, 0) is 43.9 Å². The van der Waals surface area contributed by atoms with E-state index in [2.05, 4.69) is 29.5 Å². The summed E-state index contributed by atoms with van der Waals surface area (Å²) in [6.45, 7) is 12.6. The molecule has 7 nitrogen and oxygen atoms in total. The number of carbonyl (C=O) groups excluding carboxylic acids is 1. The molecule has 1 aromatic carbocycles. The van der Waals surface area contributed by atoms with Gasteiger partial charge in [0.05, 0.1) is 12.2 Å². The monoisotopic (exact) mass is 546 g/mol. The van der Waals surface area contributed by atoms with Crippen LogP contribution in [0.4, 0.5) is 0 Å². The van der Waals surface area contributed by atoms with Gasteiger partial charge in [0.25, 0.3) is 5.91 Å². The highest BCUT2D eigenvalue weighted by atomic mass is 127. The number of morpholine rings is 1. The van der Waals surface area contributed by atoms with Crippen LogP contribution in [-0.4, -0.2) is 68.9 Å². The zero-order valence-electron chi connectivity index (χ0n) is 19.5. The van der Waals surface area contributed by atoms with Gasteiger partial charge in [-0.25, -0.2) is 0 Å². The van der Waals surface area contributed by atoms with Gasteiger partial charge >= 0.3 is 0 Å². The molecule has 2 N–H and O–H groups in total. The molecule has 176 valence electrons. The molecule has 1 heterocycles. The summed E-state index contributed by atoms with van der Waals surface area (Å²) >= 11 is 0. The van der Waals surface area contributed by atoms with Crippen LogP contribution < -0.4 is 10.6 Å². The highest BCUT2D eigenvalue weighted by molar-refractivity contribution is 14.0. The zero-order chi connectivity index (χ0) is 21.9. The van der Waals surface area contributed by atoms with Gasteiger partial charge in [-0.1, -0.05) is 26.0 Å². The minimum atomic E-state index is 0. The first-order valence-electron chi connectivity index (χ1n) is 10.9. The summed E-state index contributed by atoms with van der Waals surface area (Å²) in [7, 11) is 1.76. The summed E-state index contributed by atoms with van der Waals surface area (Å²) in [5.74, 6) is 1.39. The lowest BCUT2D eigenvalue weighted by molar-refractivity contribution is -0.0586. The predicted molar refractivity (Wildman–Crippen MR) is 136 cm³/mol. The first kappa shape index (κ1) is 27.6. The van der Waals surface area contributed by atoms with Crippen LogP contribution in [0.15, 0.2) is 29.3 Å². The molecule has 0 aromatic heterocycles. The molecule has 0 saturated carbocycles. The topological polar surface area (TPSA) is 75.2 Å². The van der Waals surface area contributed by atoms with Gasteiger partial charge in [-0.15, -0.1) is 24.0 Å². The number of rotatable bonds is 9. The Morgan fingerprint density at radius 2 is 1.84 bits per heavy atom. The third-order valence-electron chi connectivity index (χ3n) is 4.80. The van der Waals surface area contributed by atoms with Crippen LogP contribution in [0.5, 0.6) is 0 Å². The van der Waals surface area contributed by atoms with Crippen LogP contribution >= 0.6 is 24.0 Å². The molecule has 0 radical (unpaired) electrons. The molecule has 1 aliphatic rings. The van der Waals surface area contributed by atoms with Crippen molar-refractivity contribution in [3.05, 3.63) is 35.4 Å². The SMILES string of the molecule is CN=C(NCCCOCC(C)C)NCc1ccc(C(=O)N2CC(C)OC(C)C2)cc1.I. The Bertz CT molecular complexity index is 672. The summed E-state index contributed by atoms with van der Waals surface area (Å²) in [5, 5.41) is 6.60. The van der Waals surface area contributed by atoms with Crippen molar-refractivity contribution >= 4 is 35.8 Å². The van der Waals surface area contributed by atoms with E-state index in [1.807, 2.05) is 43.0 Å². The number of nitrogens with one attached hydrogen (secondary N) is 2. The highest BCUT2D eigenvalue weighted by Gasteiger charge is 2.26. The maximum absolute atomic E-state index is 12.8. The molecule has 31 heavy (non-hydrogen) atoms. The highest BCUT2D eigenvalue weighted by Crippen LogP contribution is 2.15. The number of hydrogen-bond acceptors (Lipinski definition) is 4. The summed E-state index contributed by atoms with van der Waals surface area (Å²) in [4.78, 5) is 18.9. The second-order valence-corrected chi connectivity index (χ2v) is 8.34. The van der Waals surface area contributed by atoms with Crippen molar-refractivity contribution in [3.63, 3.8) is 0 Å². The normalized spacial score (nSPS) is 19.2. The lowest BCUT2D eigenvalue weighted by Crippen LogP contribution is -2.48. The largest absolute Gasteiger partial charge is 0.381 e. The van der Waals surface area contributed by atoms with E-state index in [4.69, 9.17) is 9.47 Å². The molecule has 1 aromatic rings. The Labute approximate surface area is 204 Å². The van der Waals surface area contributed by atoms with Crippen LogP contribution in [0.2, 0.25) is 0 Å². The first-order valence-corrected chi connectivity index (χ1v) is 10.9. The molecule has 1 saturated heterocycles. The van der Waals surface area contributed by atoms with E-state index in [0.29, 0.717) is 31.1 Å². The molecule has 8 heteroatoms. The van der Waals surface area contributed by atoms with Crippen molar-refractivity contribution < 1.29 is 14.3 Å². The maximum Gasteiger partial charge on any atom is 0.254 e. The van der Waals surface area contributed by atoms with Crippen molar-refractivity contribution in [1.29, 1.82) is 0 Å². The van der Waals surface area contributed by atoms with Crippen molar-refractivity contribution in [1.82, 2.24) is 15.5 Å². The molecule has 0 bridgehead atoms. The number of carbonyl (C=O) groups is 1. The quantitative estimate of drug-likeness (QED) is 0.215. The molecule has 2 rings (SSSR count). The lowest BCUT2D eigenvalue weighted by Gasteiger charge is -2.35. The molecular formula is C23H39IN4O3. The van der Waals surface area contributed by atoms with Crippen molar-refractivity contribution in [2.45, 2.75) is 52.9 Å². The number of hydrogen-bond donors (Lipinski definition) is 2. The molecule has 1 amide bonds. The van der Waals surface area contributed by atoms with Crippen molar-refractivity contribution in [2.24, 2.45) is 10.9 Å². The number of benzene rings is 1. The standard InChI is InChI=1S/C23H38N4O3.HI/c1-17(2)16-29-12-6-11-25-23(24-5)26-13-20-7-9-21(10-8-20)22(28)27-14-18(3)30-19(4)15-27;/h7-10,17-19H,6,11-16H2,1-5H3,(H2,24,25,26);1H. The van der Waals surface area contributed by atoms with E-state index in [9.17, 15) is 4.79 Å². The number of amides is 1. The van der Waals surface area contributed by atoms with Gasteiger partial charge in [-0.2, -0.15) is 0 Å². The number of nitrogens with zero attached hydrogens (tertiary/aromatic N) is 2.